The quantitative estimate of drug-likeness (QED) is 0.880. The molecule has 126 valence electrons. The maximum Gasteiger partial charge on any atom is 0.240 e. The van der Waals surface area contributed by atoms with Gasteiger partial charge in [0.2, 0.25) is 10.0 Å². The van der Waals surface area contributed by atoms with Crippen molar-refractivity contribution in [3.63, 3.8) is 0 Å². The van der Waals surface area contributed by atoms with E-state index in [1.807, 2.05) is 12.1 Å². The smallest absolute Gasteiger partial charge is 0.240 e. The fourth-order valence-corrected chi connectivity index (χ4v) is 4.21. The molecule has 1 saturated carbocycles. The first-order chi connectivity index (χ1) is 9.74. The van der Waals surface area contributed by atoms with E-state index < -0.39 is 10.0 Å². The number of nitrogens with two attached hydrogens (primary N) is 1. The van der Waals surface area contributed by atoms with Crippen molar-refractivity contribution in [3.8, 4) is 0 Å². The monoisotopic (exact) mass is 346 g/mol. The van der Waals surface area contributed by atoms with Gasteiger partial charge in [-0.25, -0.2) is 13.1 Å². The van der Waals surface area contributed by atoms with Crippen LogP contribution in [0.2, 0.25) is 0 Å². The maximum absolute atomic E-state index is 12.5. The normalized spacial score (nSPS) is 22.4. The van der Waals surface area contributed by atoms with Crippen molar-refractivity contribution in [2.75, 3.05) is 6.54 Å². The summed E-state index contributed by atoms with van der Waals surface area (Å²) in [5, 5.41) is 0. The van der Waals surface area contributed by atoms with Crippen molar-refractivity contribution in [2.24, 2.45) is 11.7 Å². The average molecular weight is 347 g/mol. The second kappa shape index (κ2) is 7.30. The highest BCUT2D eigenvalue weighted by atomic mass is 35.5. The SMILES string of the molecule is CC(C)(C)c1ccc(S(=O)(=O)NC2CCCC2CN)cc1.Cl. The van der Waals surface area contributed by atoms with Crippen LogP contribution < -0.4 is 10.5 Å². The summed E-state index contributed by atoms with van der Waals surface area (Å²) in [5.41, 5.74) is 6.86. The largest absolute Gasteiger partial charge is 0.330 e. The van der Waals surface area contributed by atoms with Crippen LogP contribution in [0.4, 0.5) is 0 Å². The Morgan fingerprint density at radius 2 is 1.77 bits per heavy atom. The Hall–Kier alpha value is -0.620. The van der Waals surface area contributed by atoms with Crippen LogP contribution in [0.25, 0.3) is 0 Å². The van der Waals surface area contributed by atoms with Crippen molar-refractivity contribution in [3.05, 3.63) is 29.8 Å². The molecule has 0 bridgehead atoms. The first-order valence-corrected chi connectivity index (χ1v) is 9.05. The lowest BCUT2D eigenvalue weighted by molar-refractivity contribution is 0.453. The Balaban J connectivity index is 0.00000242. The molecule has 0 spiro atoms. The summed E-state index contributed by atoms with van der Waals surface area (Å²) in [7, 11) is -3.45. The third-order valence-electron chi connectivity index (χ3n) is 4.30. The van der Waals surface area contributed by atoms with Crippen molar-refractivity contribution in [2.45, 2.75) is 56.4 Å². The van der Waals surface area contributed by atoms with E-state index in [0.29, 0.717) is 11.4 Å². The molecule has 2 atom stereocenters. The van der Waals surface area contributed by atoms with Crippen molar-refractivity contribution in [1.82, 2.24) is 4.72 Å². The number of halogens is 1. The van der Waals surface area contributed by atoms with Crippen molar-refractivity contribution in [1.29, 1.82) is 0 Å². The van der Waals surface area contributed by atoms with Gasteiger partial charge in [-0.15, -0.1) is 12.4 Å². The summed E-state index contributed by atoms with van der Waals surface area (Å²) in [6.45, 7) is 6.87. The molecule has 3 N–H and O–H groups in total. The van der Waals surface area contributed by atoms with Gasteiger partial charge in [0.05, 0.1) is 4.90 Å². The second-order valence-corrected chi connectivity index (χ2v) is 8.64. The molecule has 22 heavy (non-hydrogen) atoms. The van der Waals surface area contributed by atoms with Crippen LogP contribution in [0.3, 0.4) is 0 Å². The Bertz CT molecular complexity index is 579. The van der Waals surface area contributed by atoms with Crippen LogP contribution >= 0.6 is 12.4 Å². The highest BCUT2D eigenvalue weighted by molar-refractivity contribution is 7.89. The van der Waals surface area contributed by atoms with E-state index in [2.05, 4.69) is 25.5 Å². The molecule has 0 saturated heterocycles. The van der Waals surface area contributed by atoms with Gasteiger partial charge < -0.3 is 5.73 Å². The van der Waals surface area contributed by atoms with E-state index in [0.717, 1.165) is 24.8 Å². The van der Waals surface area contributed by atoms with Crippen LogP contribution in [-0.2, 0) is 15.4 Å². The van der Waals surface area contributed by atoms with Gasteiger partial charge in [0, 0.05) is 6.04 Å². The van der Waals surface area contributed by atoms with E-state index in [1.54, 1.807) is 12.1 Å². The van der Waals surface area contributed by atoms with Crippen LogP contribution in [0.15, 0.2) is 29.2 Å². The minimum atomic E-state index is -3.45. The zero-order valence-electron chi connectivity index (χ0n) is 13.5. The minimum Gasteiger partial charge on any atom is -0.330 e. The second-order valence-electron chi connectivity index (χ2n) is 6.93. The number of sulfonamides is 1. The van der Waals surface area contributed by atoms with Crippen molar-refractivity contribution >= 4 is 22.4 Å². The Labute approximate surface area is 140 Å². The molecular weight excluding hydrogens is 320 g/mol. The number of rotatable bonds is 4. The van der Waals surface area contributed by atoms with Gasteiger partial charge in [-0.3, -0.25) is 0 Å². The molecular formula is C16H27ClN2O2S. The fourth-order valence-electron chi connectivity index (χ4n) is 2.88. The number of benzene rings is 1. The molecule has 1 aliphatic rings. The van der Waals surface area contributed by atoms with Crippen LogP contribution in [0.5, 0.6) is 0 Å². The summed E-state index contributed by atoms with van der Waals surface area (Å²) in [5.74, 6) is 0.258. The summed E-state index contributed by atoms with van der Waals surface area (Å²) in [6, 6.07) is 7.14. The summed E-state index contributed by atoms with van der Waals surface area (Å²) < 4.78 is 27.7. The third kappa shape index (κ3) is 4.44. The summed E-state index contributed by atoms with van der Waals surface area (Å²) in [4.78, 5) is 0.332. The zero-order chi connectivity index (χ0) is 15.7. The van der Waals surface area contributed by atoms with E-state index in [9.17, 15) is 8.42 Å². The van der Waals surface area contributed by atoms with Gasteiger partial charge in [0.25, 0.3) is 0 Å². The van der Waals surface area contributed by atoms with E-state index >= 15 is 0 Å². The average Bonchev–Trinajstić information content (AvgIpc) is 2.84. The molecule has 1 aromatic carbocycles. The standard InChI is InChI=1S/C16H26N2O2S.ClH/c1-16(2,3)13-7-9-14(10-8-13)21(19,20)18-15-6-4-5-12(15)11-17;/h7-10,12,15,18H,4-6,11,17H2,1-3H3;1H. The number of hydrogen-bond acceptors (Lipinski definition) is 3. The minimum absolute atomic E-state index is 0. The summed E-state index contributed by atoms with van der Waals surface area (Å²) in [6.07, 6.45) is 2.92. The number of nitrogens with one attached hydrogen (secondary N) is 1. The molecule has 0 aromatic heterocycles. The predicted octanol–water partition coefficient (Wildman–Crippen LogP) is 2.81. The van der Waals surface area contributed by atoms with Gasteiger partial charge in [0.1, 0.15) is 0 Å². The Morgan fingerprint density at radius 3 is 2.27 bits per heavy atom. The van der Waals surface area contributed by atoms with Gasteiger partial charge in [-0.1, -0.05) is 39.3 Å². The highest BCUT2D eigenvalue weighted by Gasteiger charge is 2.30. The van der Waals surface area contributed by atoms with Crippen LogP contribution in [0.1, 0.15) is 45.6 Å². The van der Waals surface area contributed by atoms with Gasteiger partial charge in [-0.05, 0) is 48.4 Å². The Morgan fingerprint density at radius 1 is 1.18 bits per heavy atom. The van der Waals surface area contributed by atoms with Crippen LogP contribution in [0, 0.1) is 5.92 Å². The van der Waals surface area contributed by atoms with Gasteiger partial charge in [-0.2, -0.15) is 0 Å². The zero-order valence-corrected chi connectivity index (χ0v) is 15.1. The van der Waals surface area contributed by atoms with Gasteiger partial charge in [0.15, 0.2) is 0 Å². The molecule has 6 heteroatoms. The molecule has 1 fully saturated rings. The molecule has 1 aliphatic carbocycles. The number of hydrogen-bond donors (Lipinski definition) is 2. The van der Waals surface area contributed by atoms with E-state index in [-0.39, 0.29) is 29.8 Å². The van der Waals surface area contributed by atoms with E-state index in [1.165, 1.54) is 0 Å². The fraction of sp³-hybridized carbons (Fsp3) is 0.625. The predicted molar refractivity (Wildman–Crippen MR) is 92.9 cm³/mol. The molecule has 2 unspecified atom stereocenters. The lowest BCUT2D eigenvalue weighted by Gasteiger charge is -2.21. The van der Waals surface area contributed by atoms with E-state index in [4.69, 9.17) is 5.73 Å². The molecule has 4 nitrogen and oxygen atoms in total. The lowest BCUT2D eigenvalue weighted by atomic mass is 9.87. The first-order valence-electron chi connectivity index (χ1n) is 7.57. The van der Waals surface area contributed by atoms with Crippen molar-refractivity contribution < 1.29 is 8.42 Å². The third-order valence-corrected chi connectivity index (χ3v) is 5.80. The molecule has 0 aliphatic heterocycles. The first kappa shape index (κ1) is 19.4. The van der Waals surface area contributed by atoms with Crippen LogP contribution in [-0.4, -0.2) is 21.0 Å². The maximum atomic E-state index is 12.5. The molecule has 0 amide bonds. The lowest BCUT2D eigenvalue weighted by Crippen LogP contribution is -2.39. The summed E-state index contributed by atoms with van der Waals surface area (Å²) >= 11 is 0. The van der Waals surface area contributed by atoms with Gasteiger partial charge >= 0.3 is 0 Å². The highest BCUT2D eigenvalue weighted by Crippen LogP contribution is 2.27. The topological polar surface area (TPSA) is 72.2 Å². The Kier molecular flexibility index (Phi) is 6.45. The molecule has 2 rings (SSSR count). The molecule has 0 radical (unpaired) electrons. The molecule has 0 heterocycles. The molecule has 1 aromatic rings.